The van der Waals surface area contributed by atoms with Gasteiger partial charge in [0.05, 0.1) is 56.2 Å². The molecular formula is C63H41F6N3. The molecular weight excluding hydrogens is 913 g/mol. The number of fused-ring (bicyclic) bond motifs is 14. The molecule has 0 amide bonds. The van der Waals surface area contributed by atoms with E-state index in [0.29, 0.717) is 28.1 Å². The Hall–Kier alpha value is -8.35. The minimum atomic E-state index is -5.06. The number of hydrogen-bond donors (Lipinski definition) is 0. The second-order valence-electron chi connectivity index (χ2n) is 20.2. The lowest BCUT2D eigenvalue weighted by molar-refractivity contribution is -0.143. The third-order valence-electron chi connectivity index (χ3n) is 15.5. The number of benzene rings is 9. The number of alkyl halides is 6. The van der Waals surface area contributed by atoms with E-state index in [-0.39, 0.29) is 22.6 Å². The van der Waals surface area contributed by atoms with Crippen molar-refractivity contribution in [3.8, 4) is 62.0 Å². The van der Waals surface area contributed by atoms with Crippen LogP contribution in [-0.4, -0.2) is 9.13 Å². The van der Waals surface area contributed by atoms with Gasteiger partial charge in [0.1, 0.15) is 0 Å². The van der Waals surface area contributed by atoms with Crippen LogP contribution in [0.5, 0.6) is 0 Å². The molecule has 0 radical (unpaired) electrons. The van der Waals surface area contributed by atoms with Gasteiger partial charge in [-0.05, 0) is 128 Å². The van der Waals surface area contributed by atoms with Crippen molar-refractivity contribution in [2.75, 3.05) is 0 Å². The van der Waals surface area contributed by atoms with E-state index in [4.69, 9.17) is 0 Å². The maximum Gasteiger partial charge on any atom is 0.416 e. The molecule has 0 N–H and O–H groups in total. The summed E-state index contributed by atoms with van der Waals surface area (Å²) in [5.74, 6) is 0. The number of nitrogens with zero attached hydrogens (tertiary/aromatic N) is 3. The molecule has 0 aliphatic heterocycles. The minimum Gasteiger partial charge on any atom is -0.309 e. The number of rotatable bonds is 4. The van der Waals surface area contributed by atoms with Crippen molar-refractivity contribution in [1.29, 1.82) is 5.26 Å². The summed E-state index contributed by atoms with van der Waals surface area (Å²) in [6, 6.07) is 56.2. The third kappa shape index (κ3) is 6.05. The van der Waals surface area contributed by atoms with Gasteiger partial charge in [0, 0.05) is 43.5 Å². The molecule has 2 heterocycles. The standard InChI is InChI=1S/C63H41F6N3/c1-60(2)48-17-9-5-13-40(48)42-23-27-54-56(58(42)60)44-15-7-11-19-50(44)71(54)52-25-21-35(34-70)29-46(52)47-32-36(37-30-38(62(64,65)66)33-39(31-37)63(67,68)69)22-26-53(47)72-51-20-12-8-16-45(51)57-55(72)28-24-43-41-14-6-10-18-49(41)61(3,4)59(43)57/h5-33H,1-4H3. The first kappa shape index (κ1) is 43.7. The number of hydrogen-bond acceptors (Lipinski definition) is 1. The van der Waals surface area contributed by atoms with Crippen LogP contribution in [0.25, 0.3) is 99.5 Å². The molecule has 0 bridgehead atoms. The fourth-order valence-corrected chi connectivity index (χ4v) is 12.4. The van der Waals surface area contributed by atoms with Crippen molar-refractivity contribution in [2.24, 2.45) is 0 Å². The van der Waals surface area contributed by atoms with Crippen LogP contribution >= 0.6 is 0 Å². The molecule has 9 heteroatoms. The SMILES string of the molecule is CC1(C)c2ccccc2-c2ccc3c(c21)c1ccccc1n3-c1ccc(C#N)cc1-c1cc(-c2cc(C(F)(F)F)cc(C(F)(F)F)c2)ccc1-n1c2ccccc2c2c3c(ccc21)-c1ccccc1C3(C)C. The van der Waals surface area contributed by atoms with Gasteiger partial charge in [-0.25, -0.2) is 0 Å². The van der Waals surface area contributed by atoms with Gasteiger partial charge < -0.3 is 9.13 Å². The van der Waals surface area contributed by atoms with Gasteiger partial charge in [-0.1, -0.05) is 131 Å². The van der Waals surface area contributed by atoms with E-state index in [9.17, 15) is 31.6 Å². The van der Waals surface area contributed by atoms with Gasteiger partial charge in [0.15, 0.2) is 0 Å². The van der Waals surface area contributed by atoms with E-state index in [2.05, 4.69) is 128 Å². The fourth-order valence-electron chi connectivity index (χ4n) is 12.4. The largest absolute Gasteiger partial charge is 0.416 e. The van der Waals surface area contributed by atoms with Gasteiger partial charge in [0.25, 0.3) is 0 Å². The highest BCUT2D eigenvalue weighted by Gasteiger charge is 2.41. The van der Waals surface area contributed by atoms with Crippen LogP contribution in [0.15, 0.2) is 176 Å². The summed E-state index contributed by atoms with van der Waals surface area (Å²) in [6.45, 7) is 8.95. The normalized spacial score (nSPS) is 14.5. The van der Waals surface area contributed by atoms with E-state index in [1.807, 2.05) is 42.5 Å². The summed E-state index contributed by atoms with van der Waals surface area (Å²) >= 11 is 0. The molecule has 2 aliphatic rings. The van der Waals surface area contributed by atoms with Crippen LogP contribution in [0.2, 0.25) is 0 Å². The molecule has 0 saturated carbocycles. The maximum atomic E-state index is 14.5. The summed E-state index contributed by atoms with van der Waals surface area (Å²) in [4.78, 5) is 0. The van der Waals surface area contributed by atoms with Crippen LogP contribution in [0.1, 0.15) is 66.6 Å². The molecule has 3 nitrogen and oxygen atoms in total. The summed E-state index contributed by atoms with van der Waals surface area (Å²) in [7, 11) is 0. The van der Waals surface area contributed by atoms with E-state index in [1.165, 1.54) is 22.3 Å². The smallest absolute Gasteiger partial charge is 0.309 e. The van der Waals surface area contributed by atoms with Crippen molar-refractivity contribution in [1.82, 2.24) is 9.13 Å². The monoisotopic (exact) mass is 953 g/mol. The molecule has 0 unspecified atom stereocenters. The molecule has 2 aliphatic carbocycles. The molecule has 2 aromatic heterocycles. The van der Waals surface area contributed by atoms with E-state index in [1.54, 1.807) is 30.3 Å². The van der Waals surface area contributed by atoms with Crippen LogP contribution in [0.4, 0.5) is 26.3 Å². The lowest BCUT2D eigenvalue weighted by Gasteiger charge is -2.23. The molecule has 11 aromatic rings. The van der Waals surface area contributed by atoms with E-state index in [0.717, 1.165) is 78.0 Å². The Morgan fingerprint density at radius 1 is 0.403 bits per heavy atom. The van der Waals surface area contributed by atoms with Crippen LogP contribution in [-0.2, 0) is 23.2 Å². The van der Waals surface area contributed by atoms with Gasteiger partial charge in [-0.15, -0.1) is 0 Å². The molecule has 0 spiro atoms. The Balaban J connectivity index is 1.15. The number of nitriles is 1. The zero-order chi connectivity index (χ0) is 49.8. The predicted octanol–water partition coefficient (Wildman–Crippen LogP) is 17.7. The number of para-hydroxylation sites is 2. The molecule has 13 rings (SSSR count). The average molecular weight is 954 g/mol. The van der Waals surface area contributed by atoms with Crippen molar-refractivity contribution < 1.29 is 26.3 Å². The lowest BCUT2D eigenvalue weighted by Crippen LogP contribution is -2.15. The Morgan fingerprint density at radius 2 is 0.847 bits per heavy atom. The first-order valence-corrected chi connectivity index (χ1v) is 23.8. The predicted molar refractivity (Wildman–Crippen MR) is 276 cm³/mol. The van der Waals surface area contributed by atoms with Crippen molar-refractivity contribution in [3.63, 3.8) is 0 Å². The lowest BCUT2D eigenvalue weighted by atomic mass is 9.80. The topological polar surface area (TPSA) is 33.6 Å². The van der Waals surface area contributed by atoms with E-state index >= 15 is 0 Å². The highest BCUT2D eigenvalue weighted by Crippen LogP contribution is 2.56. The minimum absolute atomic E-state index is 0.136. The highest BCUT2D eigenvalue weighted by atomic mass is 19.4. The van der Waals surface area contributed by atoms with Crippen molar-refractivity contribution in [3.05, 3.63) is 215 Å². The van der Waals surface area contributed by atoms with Crippen molar-refractivity contribution in [2.45, 2.75) is 50.9 Å². The Bertz CT molecular complexity index is 4180. The average Bonchev–Trinajstić information content (AvgIpc) is 4.04. The van der Waals surface area contributed by atoms with E-state index < -0.39 is 28.9 Å². The fraction of sp³-hybridized carbons (Fsp3) is 0.127. The second kappa shape index (κ2) is 14.8. The summed E-state index contributed by atoms with van der Waals surface area (Å²) in [6.07, 6.45) is -10.1. The van der Waals surface area contributed by atoms with Gasteiger partial charge in [-0.2, -0.15) is 31.6 Å². The van der Waals surface area contributed by atoms with Crippen LogP contribution < -0.4 is 0 Å². The second-order valence-corrected chi connectivity index (χ2v) is 20.2. The van der Waals surface area contributed by atoms with Crippen LogP contribution in [0.3, 0.4) is 0 Å². The molecule has 9 aromatic carbocycles. The van der Waals surface area contributed by atoms with Crippen LogP contribution in [0, 0.1) is 11.3 Å². The Labute approximate surface area is 410 Å². The zero-order valence-electron chi connectivity index (χ0n) is 39.4. The molecule has 72 heavy (non-hydrogen) atoms. The number of halogens is 6. The quantitative estimate of drug-likeness (QED) is 0.162. The Kier molecular flexibility index (Phi) is 9.00. The Morgan fingerprint density at radius 3 is 1.33 bits per heavy atom. The van der Waals surface area contributed by atoms with Gasteiger partial charge in [-0.3, -0.25) is 0 Å². The third-order valence-corrected chi connectivity index (χ3v) is 15.5. The molecule has 0 fully saturated rings. The van der Waals surface area contributed by atoms with Gasteiger partial charge >= 0.3 is 12.4 Å². The molecule has 0 saturated heterocycles. The first-order chi connectivity index (χ1) is 34.5. The first-order valence-electron chi connectivity index (χ1n) is 23.8. The maximum absolute atomic E-state index is 14.5. The van der Waals surface area contributed by atoms with Crippen molar-refractivity contribution >= 4 is 43.6 Å². The molecule has 350 valence electrons. The molecule has 0 atom stereocenters. The summed E-state index contributed by atoms with van der Waals surface area (Å²) in [5.41, 5.74) is 11.8. The van der Waals surface area contributed by atoms with Gasteiger partial charge in [0.2, 0.25) is 0 Å². The summed E-state index contributed by atoms with van der Waals surface area (Å²) < 4.78 is 91.5. The number of aromatic nitrogens is 2. The highest BCUT2D eigenvalue weighted by molar-refractivity contribution is 6.16. The zero-order valence-corrected chi connectivity index (χ0v) is 39.4. The summed E-state index contributed by atoms with van der Waals surface area (Å²) in [5, 5.41) is 14.7.